The molecule has 2 aromatic rings. The van der Waals surface area contributed by atoms with E-state index in [0.717, 1.165) is 10.8 Å². The SMILES string of the molecule is Nc1nc2c(c(C(=O)O)cn2C2OC(CO)[C@@H](O)[C@H]2O)c(=O)[nH]1. The molecule has 2 aromatic heterocycles. The molecule has 1 fully saturated rings. The fourth-order valence-corrected chi connectivity index (χ4v) is 2.64. The number of aliphatic hydroxyl groups is 3. The van der Waals surface area contributed by atoms with Crippen molar-refractivity contribution >= 4 is 23.0 Å². The molecule has 11 nitrogen and oxygen atoms in total. The number of hydrogen-bond acceptors (Lipinski definition) is 8. The van der Waals surface area contributed by atoms with E-state index in [9.17, 15) is 24.9 Å². The van der Waals surface area contributed by atoms with Gasteiger partial charge in [0.25, 0.3) is 5.56 Å². The number of aromatic nitrogens is 3. The van der Waals surface area contributed by atoms with E-state index in [1.807, 2.05) is 0 Å². The highest BCUT2D eigenvalue weighted by atomic mass is 16.6. The van der Waals surface area contributed by atoms with Crippen LogP contribution in [-0.4, -0.2) is 65.8 Å². The van der Waals surface area contributed by atoms with Crippen molar-refractivity contribution in [1.29, 1.82) is 0 Å². The molecule has 11 heteroatoms. The number of carboxylic acid groups (broad SMARTS) is 1. The predicted octanol–water partition coefficient (Wildman–Crippen LogP) is -2.38. The minimum Gasteiger partial charge on any atom is -0.478 e. The molecule has 2 unspecified atom stereocenters. The second kappa shape index (κ2) is 5.31. The van der Waals surface area contributed by atoms with Crippen molar-refractivity contribution in [2.24, 2.45) is 0 Å². The van der Waals surface area contributed by atoms with Gasteiger partial charge in [0.2, 0.25) is 5.95 Å². The van der Waals surface area contributed by atoms with Crippen LogP contribution in [0.15, 0.2) is 11.0 Å². The first-order valence-corrected chi connectivity index (χ1v) is 6.61. The number of aromatic amines is 1. The maximum atomic E-state index is 12.0. The number of nitrogen functional groups attached to an aromatic ring is 1. The molecule has 0 radical (unpaired) electrons. The first-order chi connectivity index (χ1) is 10.8. The van der Waals surface area contributed by atoms with Gasteiger partial charge in [-0.1, -0.05) is 0 Å². The molecule has 1 aliphatic heterocycles. The third kappa shape index (κ3) is 2.26. The van der Waals surface area contributed by atoms with Crippen molar-refractivity contribution in [3.05, 3.63) is 22.1 Å². The Bertz CT molecular complexity index is 829. The first-order valence-electron chi connectivity index (χ1n) is 6.61. The van der Waals surface area contributed by atoms with Crippen LogP contribution >= 0.6 is 0 Å². The number of aliphatic hydroxyl groups excluding tert-OH is 3. The zero-order valence-corrected chi connectivity index (χ0v) is 11.6. The third-order valence-corrected chi connectivity index (χ3v) is 3.72. The van der Waals surface area contributed by atoms with Gasteiger partial charge in [-0.05, 0) is 0 Å². The van der Waals surface area contributed by atoms with Crippen LogP contribution in [0.3, 0.4) is 0 Å². The molecule has 0 saturated carbocycles. The quantitative estimate of drug-likeness (QED) is 0.358. The number of fused-ring (bicyclic) bond motifs is 1. The number of carboxylic acids is 1. The lowest BCUT2D eigenvalue weighted by Gasteiger charge is -2.17. The van der Waals surface area contributed by atoms with Gasteiger partial charge in [0, 0.05) is 6.20 Å². The predicted molar refractivity (Wildman–Crippen MR) is 74.7 cm³/mol. The molecule has 124 valence electrons. The summed E-state index contributed by atoms with van der Waals surface area (Å²) in [5.41, 5.74) is 4.25. The molecule has 0 aliphatic carbocycles. The number of nitrogens with zero attached hydrogens (tertiary/aromatic N) is 2. The third-order valence-electron chi connectivity index (χ3n) is 3.72. The summed E-state index contributed by atoms with van der Waals surface area (Å²) in [5, 5.41) is 38.0. The van der Waals surface area contributed by atoms with Crippen LogP contribution in [0.2, 0.25) is 0 Å². The Morgan fingerprint density at radius 1 is 1.43 bits per heavy atom. The highest BCUT2D eigenvalue weighted by Crippen LogP contribution is 2.32. The van der Waals surface area contributed by atoms with Crippen molar-refractivity contribution in [3.63, 3.8) is 0 Å². The van der Waals surface area contributed by atoms with Crippen LogP contribution in [0.4, 0.5) is 5.95 Å². The monoisotopic (exact) mass is 326 g/mol. The summed E-state index contributed by atoms with van der Waals surface area (Å²) < 4.78 is 6.43. The summed E-state index contributed by atoms with van der Waals surface area (Å²) in [7, 11) is 0. The zero-order valence-electron chi connectivity index (χ0n) is 11.6. The highest BCUT2D eigenvalue weighted by Gasteiger charge is 2.44. The zero-order chi connectivity index (χ0) is 16.9. The Kier molecular flexibility index (Phi) is 3.56. The van der Waals surface area contributed by atoms with Gasteiger partial charge in [0.05, 0.1) is 17.6 Å². The largest absolute Gasteiger partial charge is 0.478 e. The number of ether oxygens (including phenoxy) is 1. The van der Waals surface area contributed by atoms with E-state index in [2.05, 4.69) is 9.97 Å². The van der Waals surface area contributed by atoms with Crippen LogP contribution < -0.4 is 11.3 Å². The molecular weight excluding hydrogens is 312 g/mol. The highest BCUT2D eigenvalue weighted by molar-refractivity contribution is 6.02. The number of rotatable bonds is 3. The maximum Gasteiger partial charge on any atom is 0.338 e. The maximum absolute atomic E-state index is 12.0. The van der Waals surface area contributed by atoms with Crippen molar-refractivity contribution in [3.8, 4) is 0 Å². The minimum absolute atomic E-state index is 0.113. The average molecular weight is 326 g/mol. The van der Waals surface area contributed by atoms with Gasteiger partial charge in [-0.15, -0.1) is 0 Å². The first kappa shape index (κ1) is 15.4. The summed E-state index contributed by atoms with van der Waals surface area (Å²) in [6, 6.07) is 0. The van der Waals surface area contributed by atoms with E-state index >= 15 is 0 Å². The number of aromatic carboxylic acids is 1. The topological polar surface area (TPSA) is 184 Å². The molecule has 1 saturated heterocycles. The lowest BCUT2D eigenvalue weighted by atomic mass is 10.1. The van der Waals surface area contributed by atoms with E-state index in [0.29, 0.717) is 0 Å². The Hall–Kier alpha value is -2.47. The van der Waals surface area contributed by atoms with E-state index in [1.54, 1.807) is 0 Å². The number of carbonyl (C=O) groups is 1. The second-order valence-corrected chi connectivity index (χ2v) is 5.13. The average Bonchev–Trinajstić information content (AvgIpc) is 2.99. The van der Waals surface area contributed by atoms with E-state index in [1.165, 1.54) is 0 Å². The van der Waals surface area contributed by atoms with Crippen molar-refractivity contribution in [2.45, 2.75) is 24.5 Å². The van der Waals surface area contributed by atoms with E-state index < -0.39 is 42.7 Å². The smallest absolute Gasteiger partial charge is 0.338 e. The van der Waals surface area contributed by atoms with Crippen molar-refractivity contribution in [1.82, 2.24) is 14.5 Å². The molecule has 0 aromatic carbocycles. The molecule has 1 aliphatic rings. The normalized spacial score (nSPS) is 27.6. The minimum atomic E-state index is -1.45. The number of nitrogens with two attached hydrogens (primary N) is 1. The summed E-state index contributed by atoms with van der Waals surface area (Å²) in [5.74, 6) is -1.62. The number of H-pyrrole nitrogens is 1. The van der Waals surface area contributed by atoms with E-state index in [4.69, 9.17) is 15.6 Å². The second-order valence-electron chi connectivity index (χ2n) is 5.13. The Morgan fingerprint density at radius 3 is 2.70 bits per heavy atom. The molecule has 7 N–H and O–H groups in total. The van der Waals surface area contributed by atoms with Crippen LogP contribution in [0.1, 0.15) is 16.6 Å². The van der Waals surface area contributed by atoms with Gasteiger partial charge >= 0.3 is 5.97 Å². The number of hydrogen-bond donors (Lipinski definition) is 6. The molecule has 0 amide bonds. The number of nitrogens with one attached hydrogen (secondary N) is 1. The van der Waals surface area contributed by atoms with Crippen LogP contribution in [0.5, 0.6) is 0 Å². The van der Waals surface area contributed by atoms with E-state index in [-0.39, 0.29) is 22.5 Å². The van der Waals surface area contributed by atoms with Gasteiger partial charge in [-0.25, -0.2) is 4.79 Å². The molecule has 4 atom stereocenters. The van der Waals surface area contributed by atoms with Gasteiger partial charge in [-0.3, -0.25) is 9.78 Å². The van der Waals surface area contributed by atoms with Crippen molar-refractivity contribution in [2.75, 3.05) is 12.3 Å². The Morgan fingerprint density at radius 2 is 2.13 bits per heavy atom. The molecule has 3 heterocycles. The van der Waals surface area contributed by atoms with Gasteiger partial charge in [0.1, 0.15) is 18.3 Å². The Balaban J connectivity index is 2.23. The van der Waals surface area contributed by atoms with Crippen LogP contribution in [0.25, 0.3) is 11.0 Å². The number of anilines is 1. The summed E-state index contributed by atoms with van der Waals surface area (Å²) in [6.07, 6.45) is -4.05. The molecule has 0 spiro atoms. The molecule has 0 bridgehead atoms. The van der Waals surface area contributed by atoms with Crippen molar-refractivity contribution < 1.29 is 30.0 Å². The van der Waals surface area contributed by atoms with Gasteiger partial charge in [0.15, 0.2) is 11.9 Å². The fraction of sp³-hybridized carbons (Fsp3) is 0.417. The summed E-state index contributed by atoms with van der Waals surface area (Å²) >= 11 is 0. The molecule has 3 rings (SSSR count). The van der Waals surface area contributed by atoms with Crippen LogP contribution in [0, 0.1) is 0 Å². The Labute approximate surface area is 127 Å². The van der Waals surface area contributed by atoms with Crippen LogP contribution in [-0.2, 0) is 4.74 Å². The lowest BCUT2D eigenvalue weighted by molar-refractivity contribution is -0.0509. The molecular formula is C12H14N4O7. The van der Waals surface area contributed by atoms with Gasteiger partial charge < -0.3 is 35.5 Å². The summed E-state index contributed by atoms with van der Waals surface area (Å²) in [4.78, 5) is 29.4. The summed E-state index contributed by atoms with van der Waals surface area (Å²) in [6.45, 7) is -0.546. The fourth-order valence-electron chi connectivity index (χ4n) is 2.64. The lowest BCUT2D eigenvalue weighted by Crippen LogP contribution is -2.33. The molecule has 23 heavy (non-hydrogen) atoms. The standard InChI is InChI=1S/C12H14N4O7/c13-12-14-8-5(9(20)15-12)3(11(21)22)1-16(8)10-7(19)6(18)4(2-17)23-10/h1,4,6-7,10,17-19H,2H2,(H,21,22)(H3,13,14,15,20)/t4?,6-,7-,10?/m1/s1. The van der Waals surface area contributed by atoms with Gasteiger partial charge in [-0.2, -0.15) is 4.98 Å².